The van der Waals surface area contributed by atoms with Crippen molar-refractivity contribution < 1.29 is 0 Å². The van der Waals surface area contributed by atoms with E-state index in [2.05, 4.69) is 53.6 Å². The van der Waals surface area contributed by atoms with Gasteiger partial charge in [0.15, 0.2) is 0 Å². The highest BCUT2D eigenvalue weighted by Crippen LogP contribution is 2.34. The van der Waals surface area contributed by atoms with Gasteiger partial charge >= 0.3 is 0 Å². The summed E-state index contributed by atoms with van der Waals surface area (Å²) in [4.78, 5) is 4.53. The molecular formula is C19H18N2. The van der Waals surface area contributed by atoms with Crippen LogP contribution in [-0.4, -0.2) is 4.98 Å². The molecule has 0 fully saturated rings. The molecule has 0 amide bonds. The van der Waals surface area contributed by atoms with Gasteiger partial charge in [0.05, 0.1) is 23.4 Å². The maximum Gasteiger partial charge on any atom is 0.0703 e. The monoisotopic (exact) mass is 274 g/mol. The van der Waals surface area contributed by atoms with Crippen LogP contribution in [0.5, 0.6) is 0 Å². The Hall–Kier alpha value is -2.35. The third kappa shape index (κ3) is 2.27. The van der Waals surface area contributed by atoms with Crippen LogP contribution in [0.3, 0.4) is 0 Å². The Morgan fingerprint density at radius 2 is 2.00 bits per heavy atom. The predicted molar refractivity (Wildman–Crippen MR) is 87.6 cm³/mol. The van der Waals surface area contributed by atoms with Gasteiger partial charge < -0.3 is 5.32 Å². The molecule has 4 rings (SSSR count). The van der Waals surface area contributed by atoms with Crippen LogP contribution in [0.2, 0.25) is 0 Å². The van der Waals surface area contributed by atoms with Crippen LogP contribution < -0.4 is 5.32 Å². The van der Waals surface area contributed by atoms with E-state index in [4.69, 9.17) is 0 Å². The molecule has 1 heterocycles. The molecule has 1 atom stereocenters. The van der Waals surface area contributed by atoms with E-state index >= 15 is 0 Å². The lowest BCUT2D eigenvalue weighted by Gasteiger charge is -2.16. The zero-order valence-electron chi connectivity index (χ0n) is 12.1. The van der Waals surface area contributed by atoms with Gasteiger partial charge in [-0.2, -0.15) is 0 Å². The quantitative estimate of drug-likeness (QED) is 0.736. The molecule has 104 valence electrons. The van der Waals surface area contributed by atoms with Crippen molar-refractivity contribution in [2.24, 2.45) is 0 Å². The Balaban J connectivity index is 1.66. The van der Waals surface area contributed by atoms with Crippen LogP contribution in [0.25, 0.3) is 10.9 Å². The van der Waals surface area contributed by atoms with E-state index in [9.17, 15) is 0 Å². The van der Waals surface area contributed by atoms with Crippen molar-refractivity contribution in [3.63, 3.8) is 0 Å². The third-order valence-electron chi connectivity index (χ3n) is 4.31. The fourth-order valence-electron chi connectivity index (χ4n) is 3.22. The molecule has 2 nitrogen and oxygen atoms in total. The van der Waals surface area contributed by atoms with Crippen LogP contribution in [0.1, 0.15) is 29.2 Å². The molecule has 1 unspecified atom stereocenters. The van der Waals surface area contributed by atoms with Gasteiger partial charge in [0.2, 0.25) is 0 Å². The molecule has 0 aliphatic heterocycles. The van der Waals surface area contributed by atoms with E-state index in [1.807, 2.05) is 18.3 Å². The fourth-order valence-corrected chi connectivity index (χ4v) is 3.22. The van der Waals surface area contributed by atoms with Gasteiger partial charge in [-0.05, 0) is 43.0 Å². The smallest absolute Gasteiger partial charge is 0.0703 e. The highest BCUT2D eigenvalue weighted by atomic mass is 14.9. The second-order valence-corrected chi connectivity index (χ2v) is 5.85. The van der Waals surface area contributed by atoms with E-state index in [0.717, 1.165) is 24.0 Å². The Labute approximate surface area is 124 Å². The van der Waals surface area contributed by atoms with Gasteiger partial charge in [0.25, 0.3) is 0 Å². The SMILES string of the molecule is Cc1ccc2c(c1)C(Nc1cnc3ccccc3c1)CC2. The summed E-state index contributed by atoms with van der Waals surface area (Å²) >= 11 is 0. The number of hydrogen-bond donors (Lipinski definition) is 1. The standard InChI is InChI=1S/C19H18N2/c1-13-6-7-14-8-9-19(17(14)10-13)21-16-11-15-4-2-3-5-18(15)20-12-16/h2-7,10-12,19,21H,8-9H2,1H3. The minimum absolute atomic E-state index is 0.405. The number of pyridine rings is 1. The van der Waals surface area contributed by atoms with Gasteiger partial charge in [-0.15, -0.1) is 0 Å². The first-order valence-electron chi connectivity index (χ1n) is 7.50. The molecule has 0 radical (unpaired) electrons. The van der Waals surface area contributed by atoms with E-state index < -0.39 is 0 Å². The van der Waals surface area contributed by atoms with Crippen molar-refractivity contribution in [3.8, 4) is 0 Å². The van der Waals surface area contributed by atoms with Crippen molar-refractivity contribution in [1.82, 2.24) is 4.98 Å². The zero-order chi connectivity index (χ0) is 14.2. The molecule has 0 spiro atoms. The molecule has 1 aliphatic carbocycles. The highest BCUT2D eigenvalue weighted by Gasteiger charge is 2.22. The van der Waals surface area contributed by atoms with E-state index in [1.165, 1.54) is 22.1 Å². The van der Waals surface area contributed by atoms with E-state index in [1.54, 1.807) is 0 Å². The molecule has 0 saturated heterocycles. The zero-order valence-corrected chi connectivity index (χ0v) is 12.1. The second-order valence-electron chi connectivity index (χ2n) is 5.85. The second kappa shape index (κ2) is 4.88. The molecule has 21 heavy (non-hydrogen) atoms. The molecule has 1 aromatic heterocycles. The van der Waals surface area contributed by atoms with Crippen molar-refractivity contribution in [3.05, 3.63) is 71.4 Å². The number of rotatable bonds is 2. The lowest BCUT2D eigenvalue weighted by atomic mass is 10.0. The normalized spacial score (nSPS) is 16.9. The summed E-state index contributed by atoms with van der Waals surface area (Å²) in [5.41, 5.74) is 6.41. The molecule has 3 aromatic rings. The maximum atomic E-state index is 4.53. The van der Waals surface area contributed by atoms with Crippen LogP contribution >= 0.6 is 0 Å². The van der Waals surface area contributed by atoms with Gasteiger partial charge in [-0.25, -0.2) is 0 Å². The lowest BCUT2D eigenvalue weighted by molar-refractivity contribution is 0.761. The van der Waals surface area contributed by atoms with Gasteiger partial charge in [-0.3, -0.25) is 4.98 Å². The number of aromatic nitrogens is 1. The summed E-state index contributed by atoms with van der Waals surface area (Å²) in [5.74, 6) is 0. The molecular weight excluding hydrogens is 256 g/mol. The minimum atomic E-state index is 0.405. The van der Waals surface area contributed by atoms with Gasteiger partial charge in [0, 0.05) is 5.39 Å². The van der Waals surface area contributed by atoms with Crippen molar-refractivity contribution in [2.45, 2.75) is 25.8 Å². The Bertz CT molecular complexity index is 808. The van der Waals surface area contributed by atoms with Crippen LogP contribution in [0.15, 0.2) is 54.7 Å². The number of anilines is 1. The van der Waals surface area contributed by atoms with Gasteiger partial charge in [-0.1, -0.05) is 42.0 Å². The summed E-state index contributed by atoms with van der Waals surface area (Å²) in [6.07, 6.45) is 4.26. The van der Waals surface area contributed by atoms with E-state index in [0.29, 0.717) is 6.04 Å². The number of aryl methyl sites for hydroxylation is 2. The van der Waals surface area contributed by atoms with Crippen LogP contribution in [0, 0.1) is 6.92 Å². The number of para-hydroxylation sites is 1. The summed E-state index contributed by atoms with van der Waals surface area (Å²) < 4.78 is 0. The lowest BCUT2D eigenvalue weighted by Crippen LogP contribution is -2.07. The number of nitrogens with zero attached hydrogens (tertiary/aromatic N) is 1. The Kier molecular flexibility index (Phi) is 2.88. The van der Waals surface area contributed by atoms with E-state index in [-0.39, 0.29) is 0 Å². The number of fused-ring (bicyclic) bond motifs is 2. The van der Waals surface area contributed by atoms with Crippen LogP contribution in [-0.2, 0) is 6.42 Å². The first-order chi connectivity index (χ1) is 10.3. The summed E-state index contributed by atoms with van der Waals surface area (Å²) in [6, 6.07) is 17.6. The number of nitrogens with one attached hydrogen (secondary N) is 1. The summed E-state index contributed by atoms with van der Waals surface area (Å²) in [7, 11) is 0. The fraction of sp³-hybridized carbons (Fsp3) is 0.211. The molecule has 0 saturated carbocycles. The average Bonchev–Trinajstić information content (AvgIpc) is 2.89. The molecule has 0 bridgehead atoms. The van der Waals surface area contributed by atoms with Gasteiger partial charge in [0.1, 0.15) is 0 Å². The molecule has 1 aliphatic rings. The highest BCUT2D eigenvalue weighted by molar-refractivity contribution is 5.81. The van der Waals surface area contributed by atoms with Crippen LogP contribution in [0.4, 0.5) is 5.69 Å². The molecule has 1 N–H and O–H groups in total. The number of hydrogen-bond acceptors (Lipinski definition) is 2. The minimum Gasteiger partial charge on any atom is -0.377 e. The maximum absolute atomic E-state index is 4.53. The first-order valence-corrected chi connectivity index (χ1v) is 7.50. The largest absolute Gasteiger partial charge is 0.377 e. The van der Waals surface area contributed by atoms with Crippen molar-refractivity contribution in [2.75, 3.05) is 5.32 Å². The first kappa shape index (κ1) is 12.4. The molecule has 2 aromatic carbocycles. The average molecular weight is 274 g/mol. The molecule has 2 heteroatoms. The topological polar surface area (TPSA) is 24.9 Å². The third-order valence-corrected chi connectivity index (χ3v) is 4.31. The van der Waals surface area contributed by atoms with Crippen molar-refractivity contribution in [1.29, 1.82) is 0 Å². The Morgan fingerprint density at radius 1 is 1.10 bits per heavy atom. The number of benzene rings is 2. The predicted octanol–water partition coefficient (Wildman–Crippen LogP) is 4.64. The van der Waals surface area contributed by atoms with Crippen molar-refractivity contribution >= 4 is 16.6 Å². The Morgan fingerprint density at radius 3 is 2.95 bits per heavy atom. The summed E-state index contributed by atoms with van der Waals surface area (Å²) in [5, 5.41) is 4.84. The summed E-state index contributed by atoms with van der Waals surface area (Å²) in [6.45, 7) is 2.16.